The lowest BCUT2D eigenvalue weighted by atomic mass is 9.93. The van der Waals surface area contributed by atoms with Crippen molar-refractivity contribution in [2.75, 3.05) is 100 Å². The Hall–Kier alpha value is -8.76. The van der Waals surface area contributed by atoms with E-state index in [1.54, 1.807) is 64.3 Å². The molecule has 2 saturated heterocycles. The zero-order valence-corrected chi connectivity index (χ0v) is 52.9. The number of methoxy groups -OCH3 is 2. The summed E-state index contributed by atoms with van der Waals surface area (Å²) in [5, 5.41) is 12.1. The number of nitrogens with two attached hydrogens (primary N) is 1. The quantitative estimate of drug-likeness (QED) is 0.0231. The first-order chi connectivity index (χ1) is 43.1. The van der Waals surface area contributed by atoms with Gasteiger partial charge in [0.15, 0.2) is 29.3 Å². The lowest BCUT2D eigenvalue weighted by Crippen LogP contribution is -2.48. The van der Waals surface area contributed by atoms with Gasteiger partial charge in [-0.05, 0) is 127 Å². The van der Waals surface area contributed by atoms with Crippen LogP contribution in [0.1, 0.15) is 89.6 Å². The standard InChI is InChI=1S/C30H36N4O6S.C29H32N2O3.C11H13NO2.CH4.H3N/c1-30(2,3)40-29(35)33-16-15-22-17-27(39-19-21-11-7-5-8-12-21)26(38-4)18-24(22)25(33)20-41(36,37)28(31)34(32)23-13-9-6-10-14-23;1-32-28-20-25-24(19-29(28)34-21-22-7-3-2-4-8-22)13-14-30-26(25)12-11-23-9-5-6-10-27(23)31-15-17-33-18-16-31;13-9-10-3-1-2-4-11(10)12-5-7-14-8-6-12;;/h5-14,17-18,25,31H,15-16,19-20,32H2,1-4H3;2-12,19-20,26,30H,13-18,21H2,1H3;1-4,9H,5-8H2;1H4;1H3/b;12-11+;;;. The van der Waals surface area contributed by atoms with Gasteiger partial charge in [0, 0.05) is 56.2 Å². The topological polar surface area (TPSA) is 243 Å². The minimum atomic E-state index is -4.27. The summed E-state index contributed by atoms with van der Waals surface area (Å²) in [5.41, 5.74) is 9.89. The number of amides is 1. The number of morpholine rings is 2. The number of carbonyl (C=O) groups excluding carboxylic acids is 2. The third-order valence-corrected chi connectivity index (χ3v) is 17.0. The summed E-state index contributed by atoms with van der Waals surface area (Å²) < 4.78 is 67.1. The Morgan fingerprint density at radius 3 is 1.65 bits per heavy atom. The van der Waals surface area contributed by atoms with E-state index in [1.807, 2.05) is 78.9 Å². The van der Waals surface area contributed by atoms with Crippen LogP contribution in [0, 0.1) is 5.41 Å². The third-order valence-electron chi connectivity index (χ3n) is 15.5. The van der Waals surface area contributed by atoms with Crippen LogP contribution in [0.25, 0.3) is 6.08 Å². The number of ether oxygens (including phenoxy) is 7. The van der Waals surface area contributed by atoms with E-state index in [9.17, 15) is 18.0 Å². The molecule has 4 aliphatic heterocycles. The Labute approximate surface area is 536 Å². The summed E-state index contributed by atoms with van der Waals surface area (Å²) in [6, 6.07) is 51.5. The predicted octanol–water partition coefficient (Wildman–Crippen LogP) is 12.0. The molecule has 4 heterocycles. The molecular formula is C71H88N8O11S. The summed E-state index contributed by atoms with van der Waals surface area (Å²) in [5.74, 6) is 7.93. The van der Waals surface area contributed by atoms with Crippen molar-refractivity contribution in [2.24, 2.45) is 5.84 Å². The molecule has 0 saturated carbocycles. The molecule has 1 amide bonds. The Balaban J connectivity index is 0.000000211. The first kappa shape index (κ1) is 69.7. The van der Waals surface area contributed by atoms with Crippen LogP contribution in [-0.2, 0) is 50.1 Å². The molecule has 20 heteroatoms. The molecular weight excluding hydrogens is 1170 g/mol. The Morgan fingerprint density at radius 1 is 0.659 bits per heavy atom. The number of hydrogen-bond acceptors (Lipinski definition) is 17. The fourth-order valence-electron chi connectivity index (χ4n) is 11.0. The maximum absolute atomic E-state index is 13.6. The van der Waals surface area contributed by atoms with Crippen LogP contribution >= 0.6 is 0 Å². The van der Waals surface area contributed by atoms with E-state index in [4.69, 9.17) is 44.4 Å². The molecule has 2 unspecified atom stereocenters. The van der Waals surface area contributed by atoms with E-state index in [0.717, 1.165) is 116 Å². The minimum absolute atomic E-state index is 0. The number of para-hydroxylation sites is 3. The first-order valence-electron chi connectivity index (χ1n) is 30.0. The van der Waals surface area contributed by atoms with Gasteiger partial charge < -0.3 is 54.4 Å². The van der Waals surface area contributed by atoms with Crippen LogP contribution in [0.4, 0.5) is 21.9 Å². The first-order valence-corrected chi connectivity index (χ1v) is 31.6. The molecule has 7 N–H and O–H groups in total. The summed E-state index contributed by atoms with van der Waals surface area (Å²) in [4.78, 5) is 30.1. The van der Waals surface area contributed by atoms with Crippen LogP contribution in [0.5, 0.6) is 23.0 Å². The van der Waals surface area contributed by atoms with Crippen molar-refractivity contribution >= 4 is 50.5 Å². The highest BCUT2D eigenvalue weighted by Crippen LogP contribution is 2.41. The van der Waals surface area contributed by atoms with Gasteiger partial charge in [-0.25, -0.2) is 19.1 Å². The van der Waals surface area contributed by atoms with E-state index < -0.39 is 38.5 Å². The molecule has 19 nitrogen and oxygen atoms in total. The number of hydrogen-bond donors (Lipinski definition) is 4. The van der Waals surface area contributed by atoms with Gasteiger partial charge in [0.2, 0.25) is 15.0 Å². The number of rotatable bonds is 16. The molecule has 0 radical (unpaired) electrons. The monoisotopic (exact) mass is 1260 g/mol. The Bertz CT molecular complexity index is 3620. The number of anilines is 3. The molecule has 0 aliphatic carbocycles. The summed E-state index contributed by atoms with van der Waals surface area (Å²) in [7, 11) is -1.07. The highest BCUT2D eigenvalue weighted by Gasteiger charge is 2.40. The summed E-state index contributed by atoms with van der Waals surface area (Å²) in [6.45, 7) is 13.9. The number of carbonyl (C=O) groups is 2. The fourth-order valence-corrected chi connectivity index (χ4v) is 12.3. The highest BCUT2D eigenvalue weighted by molar-refractivity contribution is 8.06. The molecule has 7 aromatic rings. The SMILES string of the molecule is C.COc1cc2c(cc1OCc1ccccc1)CCN(C(=O)OC(C)(C)C)C2CS(=O)(=O)C(=N)N(N)c1ccccc1.COc1cc2c(cc1OCc1ccccc1)CCNC2/C=C/c1ccccc1N1CCOCC1.N.O=Cc1ccccc1N1CCOCC1. The molecule has 0 spiro atoms. The molecule has 7 aromatic carbocycles. The van der Waals surface area contributed by atoms with E-state index in [1.165, 1.54) is 34.4 Å². The minimum Gasteiger partial charge on any atom is -0.493 e. The Kier molecular flexibility index (Phi) is 25.5. The van der Waals surface area contributed by atoms with Crippen molar-refractivity contribution < 1.29 is 51.2 Å². The van der Waals surface area contributed by atoms with E-state index >= 15 is 0 Å². The second-order valence-electron chi connectivity index (χ2n) is 22.7. The maximum Gasteiger partial charge on any atom is 0.410 e. The van der Waals surface area contributed by atoms with E-state index in [-0.39, 0.29) is 26.2 Å². The number of benzene rings is 7. The van der Waals surface area contributed by atoms with Gasteiger partial charge in [-0.3, -0.25) is 20.1 Å². The fraction of sp³-hybridized carbons (Fsp3) is 0.338. The number of amidine groups is 1. The molecule has 0 aromatic heterocycles. The zero-order valence-electron chi connectivity index (χ0n) is 52.1. The van der Waals surface area contributed by atoms with Gasteiger partial charge in [0.25, 0.3) is 0 Å². The summed E-state index contributed by atoms with van der Waals surface area (Å²) >= 11 is 0. The molecule has 2 fully saturated rings. The van der Waals surface area contributed by atoms with Crippen LogP contribution in [0.3, 0.4) is 0 Å². The normalized spacial score (nSPS) is 16.1. The second kappa shape index (κ2) is 33.3. The van der Waals surface area contributed by atoms with Gasteiger partial charge in [0.05, 0.1) is 64.2 Å². The van der Waals surface area contributed by atoms with Crippen LogP contribution in [0.15, 0.2) is 170 Å². The van der Waals surface area contributed by atoms with Gasteiger partial charge in [0.1, 0.15) is 18.8 Å². The van der Waals surface area contributed by atoms with E-state index in [0.29, 0.717) is 42.4 Å². The smallest absolute Gasteiger partial charge is 0.410 e. The number of fused-ring (bicyclic) bond motifs is 2. The predicted molar refractivity (Wildman–Crippen MR) is 361 cm³/mol. The van der Waals surface area contributed by atoms with E-state index in [2.05, 4.69) is 75.8 Å². The molecule has 11 rings (SSSR count). The van der Waals surface area contributed by atoms with Gasteiger partial charge >= 0.3 is 6.09 Å². The van der Waals surface area contributed by atoms with Gasteiger partial charge in [-0.2, -0.15) is 0 Å². The van der Waals surface area contributed by atoms with Gasteiger partial charge in [-0.15, -0.1) is 0 Å². The molecule has 0 bridgehead atoms. The molecule has 91 heavy (non-hydrogen) atoms. The van der Waals surface area contributed by atoms with Crippen LogP contribution in [0.2, 0.25) is 0 Å². The van der Waals surface area contributed by atoms with Crippen molar-refractivity contribution in [3.05, 3.63) is 214 Å². The lowest BCUT2D eigenvalue weighted by Gasteiger charge is -2.38. The third kappa shape index (κ3) is 18.7. The highest BCUT2D eigenvalue weighted by atomic mass is 32.2. The average molecular weight is 1260 g/mol. The van der Waals surface area contributed by atoms with Crippen molar-refractivity contribution in [2.45, 2.75) is 71.9 Å². The molecule has 2 atom stereocenters. The van der Waals surface area contributed by atoms with Crippen molar-refractivity contribution in [1.82, 2.24) is 16.4 Å². The lowest BCUT2D eigenvalue weighted by molar-refractivity contribution is 0.0162. The van der Waals surface area contributed by atoms with Gasteiger partial charge in [-0.1, -0.05) is 129 Å². The van der Waals surface area contributed by atoms with Crippen molar-refractivity contribution in [3.8, 4) is 23.0 Å². The van der Waals surface area contributed by atoms with Crippen molar-refractivity contribution in [3.63, 3.8) is 0 Å². The largest absolute Gasteiger partial charge is 0.493 e. The molecule has 484 valence electrons. The number of aldehydes is 1. The second-order valence-corrected chi connectivity index (χ2v) is 24.6. The number of sulfone groups is 1. The summed E-state index contributed by atoms with van der Waals surface area (Å²) in [6.07, 6.45) is 6.18. The number of nitrogens with one attached hydrogen (secondary N) is 2. The van der Waals surface area contributed by atoms with Crippen LogP contribution < -0.4 is 51.1 Å². The van der Waals surface area contributed by atoms with Crippen LogP contribution in [-0.4, -0.2) is 122 Å². The maximum atomic E-state index is 13.6. The van der Waals surface area contributed by atoms with Crippen molar-refractivity contribution in [1.29, 1.82) is 5.41 Å². The number of nitrogens with zero attached hydrogens (tertiary/aromatic N) is 4. The number of hydrazine groups is 1. The zero-order chi connectivity index (χ0) is 62.8. The molecule has 4 aliphatic rings. The average Bonchev–Trinajstić information content (AvgIpc) is 0.951. The Morgan fingerprint density at radius 2 is 1.13 bits per heavy atom.